The van der Waals surface area contributed by atoms with Gasteiger partial charge in [-0.2, -0.15) is 5.10 Å². The second-order valence-corrected chi connectivity index (χ2v) is 5.20. The van der Waals surface area contributed by atoms with Gasteiger partial charge in [-0.3, -0.25) is 5.01 Å². The Hall–Kier alpha value is -0.800. The van der Waals surface area contributed by atoms with Crippen LogP contribution in [0.3, 0.4) is 0 Å². The molecule has 1 aliphatic rings. The van der Waals surface area contributed by atoms with Crippen LogP contribution in [-0.4, -0.2) is 43.9 Å². The van der Waals surface area contributed by atoms with Crippen molar-refractivity contribution in [3.63, 3.8) is 0 Å². The number of nitrogens with two attached hydrogens (primary N) is 1. The Balaban J connectivity index is 2.74. The molecule has 0 aliphatic carbocycles. The number of ether oxygens (including phenoxy) is 1. The number of hydrogen-bond donors (Lipinski definition) is 1. The maximum absolute atomic E-state index is 10.9. The van der Waals surface area contributed by atoms with Gasteiger partial charge in [0.25, 0.3) is 10.0 Å². The molecule has 1 unspecified atom stereocenters. The topological polar surface area (TPSA) is 97.3 Å². The van der Waals surface area contributed by atoms with Crippen LogP contribution in [-0.2, 0) is 14.8 Å². The van der Waals surface area contributed by atoms with Gasteiger partial charge in [0.2, 0.25) is 4.38 Å². The average Bonchev–Trinajstić information content (AvgIpc) is 2.43. The number of sulfonamides is 1. The smallest absolute Gasteiger partial charge is 0.263 e. The lowest BCUT2D eigenvalue weighted by molar-refractivity contribution is 0.340. The highest BCUT2D eigenvalue weighted by Gasteiger charge is 2.30. The van der Waals surface area contributed by atoms with Crippen LogP contribution in [0.1, 0.15) is 0 Å². The Labute approximate surface area is 86.1 Å². The second-order valence-electron chi connectivity index (χ2n) is 2.42. The maximum Gasteiger partial charge on any atom is 0.263 e. The van der Waals surface area contributed by atoms with E-state index >= 15 is 0 Å². The van der Waals surface area contributed by atoms with Gasteiger partial charge in [-0.25, -0.2) is 18.5 Å². The Morgan fingerprint density at radius 1 is 1.79 bits per heavy atom. The van der Waals surface area contributed by atoms with Crippen LogP contribution in [0.5, 0.6) is 0 Å². The van der Waals surface area contributed by atoms with Gasteiger partial charge in [0.05, 0.1) is 7.11 Å². The molecule has 0 bridgehead atoms. The molecular weight excluding hydrogens is 228 g/mol. The monoisotopic (exact) mass is 238 g/mol. The highest BCUT2D eigenvalue weighted by Crippen LogP contribution is 2.26. The molecule has 9 heteroatoms. The van der Waals surface area contributed by atoms with Crippen molar-refractivity contribution < 1.29 is 13.2 Å². The second kappa shape index (κ2) is 4.15. The van der Waals surface area contributed by atoms with E-state index in [2.05, 4.69) is 14.8 Å². The minimum Gasteiger partial charge on any atom is -0.487 e. The highest BCUT2D eigenvalue weighted by atomic mass is 32.3. The lowest BCUT2D eigenvalue weighted by Gasteiger charge is -2.11. The standard InChI is InChI=1S/C5H10N4O3S2/c1-9-4(7-3-12-2)13-5(8-9)14(6,10)11/h3-4H,1-2H3,(H2,6,10,11). The summed E-state index contributed by atoms with van der Waals surface area (Å²) >= 11 is 0.951. The minimum absolute atomic E-state index is 0.141. The van der Waals surface area contributed by atoms with Crippen LogP contribution in [0.4, 0.5) is 0 Å². The van der Waals surface area contributed by atoms with Crippen molar-refractivity contribution in [1.82, 2.24) is 5.01 Å². The number of rotatable bonds is 2. The molecule has 0 spiro atoms. The van der Waals surface area contributed by atoms with Gasteiger partial charge in [-0.05, 0) is 11.8 Å². The zero-order valence-corrected chi connectivity index (χ0v) is 9.25. The fourth-order valence-corrected chi connectivity index (χ4v) is 2.44. The summed E-state index contributed by atoms with van der Waals surface area (Å²) in [7, 11) is -0.688. The molecule has 2 N–H and O–H groups in total. The van der Waals surface area contributed by atoms with Crippen LogP contribution >= 0.6 is 11.8 Å². The highest BCUT2D eigenvalue weighted by molar-refractivity contribution is 8.35. The van der Waals surface area contributed by atoms with Crippen molar-refractivity contribution in [3.05, 3.63) is 0 Å². The van der Waals surface area contributed by atoms with Crippen molar-refractivity contribution in [1.29, 1.82) is 0 Å². The molecule has 1 atom stereocenters. The molecular formula is C5H10N4O3S2. The Kier molecular flexibility index (Phi) is 3.34. The molecule has 0 aromatic heterocycles. The van der Waals surface area contributed by atoms with E-state index in [4.69, 9.17) is 5.14 Å². The first-order chi connectivity index (χ1) is 6.45. The quantitative estimate of drug-likeness (QED) is 0.501. The molecule has 1 heterocycles. The molecule has 1 rings (SSSR count). The first-order valence-electron chi connectivity index (χ1n) is 3.50. The van der Waals surface area contributed by atoms with Crippen molar-refractivity contribution >= 4 is 32.6 Å². The molecule has 0 saturated carbocycles. The van der Waals surface area contributed by atoms with E-state index in [9.17, 15) is 8.42 Å². The Morgan fingerprint density at radius 2 is 2.43 bits per heavy atom. The van der Waals surface area contributed by atoms with E-state index in [-0.39, 0.29) is 4.38 Å². The number of hydrogen-bond acceptors (Lipinski definition) is 7. The van der Waals surface area contributed by atoms with Gasteiger partial charge in [-0.15, -0.1) is 0 Å². The lowest BCUT2D eigenvalue weighted by atomic mass is 11.0. The lowest BCUT2D eigenvalue weighted by Crippen LogP contribution is -2.19. The maximum atomic E-state index is 10.9. The third-order valence-corrected chi connectivity index (χ3v) is 3.78. The molecule has 0 aromatic rings. The van der Waals surface area contributed by atoms with Gasteiger partial charge < -0.3 is 4.74 Å². The number of thioether (sulfide) groups is 1. The minimum atomic E-state index is -3.74. The summed E-state index contributed by atoms with van der Waals surface area (Å²) in [6.07, 6.45) is 1.22. The van der Waals surface area contributed by atoms with Crippen molar-refractivity contribution in [2.75, 3.05) is 14.2 Å². The summed E-state index contributed by atoms with van der Waals surface area (Å²) in [5.41, 5.74) is -0.441. The van der Waals surface area contributed by atoms with Crippen LogP contribution < -0.4 is 5.14 Å². The van der Waals surface area contributed by atoms with E-state index in [1.54, 1.807) is 7.05 Å². The van der Waals surface area contributed by atoms with Crippen LogP contribution in [0.25, 0.3) is 0 Å². The largest absolute Gasteiger partial charge is 0.487 e. The molecule has 80 valence electrons. The van der Waals surface area contributed by atoms with E-state index in [0.29, 0.717) is 0 Å². The summed E-state index contributed by atoms with van der Waals surface area (Å²) < 4.78 is 26.3. The average molecular weight is 238 g/mol. The number of methoxy groups -OCH3 is 1. The summed E-state index contributed by atoms with van der Waals surface area (Å²) in [6.45, 7) is 0. The number of aliphatic imine (C=N–C) groups is 1. The fourth-order valence-electron chi connectivity index (χ4n) is 0.732. The van der Waals surface area contributed by atoms with Crippen LogP contribution in [0, 0.1) is 0 Å². The zero-order valence-electron chi connectivity index (χ0n) is 7.61. The van der Waals surface area contributed by atoms with E-state index in [1.807, 2.05) is 0 Å². The normalized spacial score (nSPS) is 22.9. The van der Waals surface area contributed by atoms with Gasteiger partial charge >= 0.3 is 0 Å². The molecule has 0 aromatic carbocycles. The Morgan fingerprint density at radius 3 is 2.86 bits per heavy atom. The number of nitrogens with zero attached hydrogens (tertiary/aromatic N) is 3. The van der Waals surface area contributed by atoms with Crippen molar-refractivity contribution in [2.45, 2.75) is 5.50 Å². The van der Waals surface area contributed by atoms with Gasteiger partial charge in [0.15, 0.2) is 11.9 Å². The van der Waals surface area contributed by atoms with E-state index in [1.165, 1.54) is 18.5 Å². The third-order valence-electron chi connectivity index (χ3n) is 1.30. The Bertz CT molecular complexity index is 363. The zero-order chi connectivity index (χ0) is 10.8. The molecule has 14 heavy (non-hydrogen) atoms. The first-order valence-corrected chi connectivity index (χ1v) is 5.93. The number of hydrazone groups is 1. The predicted molar refractivity (Wildman–Crippen MR) is 55.2 cm³/mol. The van der Waals surface area contributed by atoms with Gasteiger partial charge in [0, 0.05) is 7.05 Å². The molecule has 0 fully saturated rings. The van der Waals surface area contributed by atoms with Crippen LogP contribution in [0.2, 0.25) is 0 Å². The predicted octanol–water partition coefficient (Wildman–Crippen LogP) is -0.817. The molecule has 1 aliphatic heterocycles. The van der Waals surface area contributed by atoms with Crippen LogP contribution in [0.15, 0.2) is 10.1 Å². The van der Waals surface area contributed by atoms with Gasteiger partial charge in [-0.1, -0.05) is 0 Å². The summed E-state index contributed by atoms with van der Waals surface area (Å²) in [4.78, 5) is 3.89. The summed E-state index contributed by atoms with van der Waals surface area (Å²) in [5, 5.41) is 10.0. The third kappa shape index (κ3) is 2.59. The van der Waals surface area contributed by atoms with Crippen molar-refractivity contribution in [3.8, 4) is 0 Å². The summed E-state index contributed by atoms with van der Waals surface area (Å²) in [6, 6.07) is 0. The molecule has 7 nitrogen and oxygen atoms in total. The van der Waals surface area contributed by atoms with Crippen molar-refractivity contribution in [2.24, 2.45) is 15.2 Å². The SMILES string of the molecule is COC=NC1SC(S(N)(=O)=O)=NN1C. The first kappa shape index (κ1) is 11.3. The summed E-state index contributed by atoms with van der Waals surface area (Å²) in [5.74, 6) is 0. The molecule has 0 radical (unpaired) electrons. The number of primary sulfonamides is 1. The van der Waals surface area contributed by atoms with E-state index < -0.39 is 15.5 Å². The molecule has 0 amide bonds. The fraction of sp³-hybridized carbons (Fsp3) is 0.600. The van der Waals surface area contributed by atoms with Gasteiger partial charge in [0.1, 0.15) is 0 Å². The molecule has 0 saturated heterocycles. The van der Waals surface area contributed by atoms with E-state index in [0.717, 1.165) is 11.8 Å².